The molecule has 6 aromatic carbocycles. The van der Waals surface area contributed by atoms with E-state index in [0.29, 0.717) is 55.8 Å². The van der Waals surface area contributed by atoms with Crippen molar-refractivity contribution in [3.05, 3.63) is 109 Å². The molecular weight excluding hydrogens is 647 g/mol. The second-order valence-electron chi connectivity index (χ2n) is 9.91. The number of azo groups is 2. The molecule has 236 valence electrons. The molecule has 6 aromatic rings. The molecule has 0 fully saturated rings. The van der Waals surface area contributed by atoms with E-state index in [-0.39, 0.29) is 16.8 Å². The van der Waals surface area contributed by atoms with Crippen LogP contribution in [-0.2, 0) is 19.5 Å². The summed E-state index contributed by atoms with van der Waals surface area (Å²) in [4.78, 5) is -0.320. The third kappa shape index (κ3) is 7.05. The summed E-state index contributed by atoms with van der Waals surface area (Å²) in [6.45, 7) is 0. The topological polar surface area (TPSA) is 195 Å². The van der Waals surface area contributed by atoms with Gasteiger partial charge < -0.3 is 15.5 Å². The van der Waals surface area contributed by atoms with Crippen molar-refractivity contribution in [3.63, 3.8) is 0 Å². The maximum absolute atomic E-state index is 12.3. The molecule has 15 heteroatoms. The molecule has 0 heterocycles. The van der Waals surface area contributed by atoms with Crippen LogP contribution in [0.2, 0.25) is 0 Å². The minimum Gasteiger partial charge on any atom is -0.505 e. The van der Waals surface area contributed by atoms with Crippen LogP contribution >= 0.6 is 12.0 Å². The Labute approximate surface area is 271 Å². The molecule has 0 amide bonds. The van der Waals surface area contributed by atoms with Crippen LogP contribution in [0.25, 0.3) is 21.5 Å². The van der Waals surface area contributed by atoms with Crippen LogP contribution in [0.3, 0.4) is 0 Å². The van der Waals surface area contributed by atoms with Crippen molar-refractivity contribution in [2.24, 2.45) is 20.5 Å². The molecule has 13 nitrogen and oxygen atoms in total. The molecule has 0 aliphatic carbocycles. The Balaban J connectivity index is 1.35. The fourth-order valence-electron chi connectivity index (χ4n) is 4.74. The van der Waals surface area contributed by atoms with E-state index >= 15 is 0 Å². The Kier molecular flexibility index (Phi) is 9.08. The van der Waals surface area contributed by atoms with Gasteiger partial charge in [0.05, 0.1) is 28.3 Å². The van der Waals surface area contributed by atoms with E-state index in [1.54, 1.807) is 97.1 Å². The molecule has 0 bridgehead atoms. The van der Waals surface area contributed by atoms with E-state index < -0.39 is 26.5 Å². The van der Waals surface area contributed by atoms with Crippen LogP contribution in [0.4, 0.5) is 34.1 Å². The molecule has 0 saturated carbocycles. The highest BCUT2D eigenvalue weighted by atomic mass is 32.2. The van der Waals surface area contributed by atoms with E-state index in [0.717, 1.165) is 0 Å². The Hall–Kier alpha value is -5.42. The number of benzene rings is 6. The average Bonchev–Trinajstić information content (AvgIpc) is 3.07. The van der Waals surface area contributed by atoms with Gasteiger partial charge >= 0.3 is 0 Å². The number of phenols is 2. The summed E-state index contributed by atoms with van der Waals surface area (Å²) < 4.78 is 39.1. The lowest BCUT2D eigenvalue weighted by Crippen LogP contribution is -1.99. The first kappa shape index (κ1) is 31.6. The van der Waals surface area contributed by atoms with Crippen LogP contribution in [0.1, 0.15) is 0 Å². The second kappa shape index (κ2) is 13.5. The highest BCUT2D eigenvalue weighted by Gasteiger charge is 2.22. The second-order valence-corrected chi connectivity index (χ2v) is 12.0. The molecule has 0 spiro atoms. The number of nitrogens with zero attached hydrogens (tertiary/aromatic N) is 4. The van der Waals surface area contributed by atoms with Crippen molar-refractivity contribution in [2.45, 2.75) is 9.79 Å². The van der Waals surface area contributed by atoms with Gasteiger partial charge in [0.1, 0.15) is 16.3 Å². The van der Waals surface area contributed by atoms with Crippen LogP contribution in [0.15, 0.2) is 139 Å². The largest absolute Gasteiger partial charge is 0.505 e. The molecule has 0 aliphatic rings. The third-order valence-corrected chi connectivity index (χ3v) is 8.35. The molecule has 0 saturated heterocycles. The monoisotopic (exact) mass is 669 g/mol. The molecule has 0 aliphatic heterocycles. The zero-order chi connectivity index (χ0) is 33.0. The van der Waals surface area contributed by atoms with Gasteiger partial charge in [0.15, 0.2) is 11.5 Å². The van der Waals surface area contributed by atoms with E-state index in [2.05, 4.69) is 35.1 Å². The predicted octanol–water partition coefficient (Wildman–Crippen LogP) is 9.65. The van der Waals surface area contributed by atoms with Crippen molar-refractivity contribution in [3.8, 4) is 11.5 Å². The van der Waals surface area contributed by atoms with Crippen LogP contribution < -0.4 is 5.32 Å². The Bertz CT molecular complexity index is 2270. The predicted molar refractivity (Wildman–Crippen MR) is 176 cm³/mol. The SMILES string of the molecule is O=S(=O)(O)c1cc2cc(Nc3ccc4c(O)c(N=Nc5ccccc5)c(SOOO)cc4c3)ccc2c(O)c1N=Nc1ccccc1. The molecule has 0 atom stereocenters. The van der Waals surface area contributed by atoms with Gasteiger partial charge in [-0.05, 0) is 83.6 Å². The van der Waals surface area contributed by atoms with Crippen LogP contribution in [0.5, 0.6) is 11.5 Å². The number of anilines is 2. The normalized spacial score (nSPS) is 12.0. The van der Waals surface area contributed by atoms with Crippen molar-refractivity contribution < 1.29 is 37.8 Å². The van der Waals surface area contributed by atoms with Crippen LogP contribution in [0, 0.1) is 0 Å². The van der Waals surface area contributed by atoms with Gasteiger partial charge in [-0.25, -0.2) is 5.26 Å². The fraction of sp³-hybridized carbons (Fsp3) is 0. The first-order chi connectivity index (χ1) is 22.7. The zero-order valence-electron chi connectivity index (χ0n) is 23.9. The van der Waals surface area contributed by atoms with Crippen molar-refractivity contribution >= 4 is 77.8 Å². The Morgan fingerprint density at radius 2 is 1.15 bits per heavy atom. The highest BCUT2D eigenvalue weighted by molar-refractivity contribution is 7.94. The van der Waals surface area contributed by atoms with E-state index in [4.69, 9.17) is 5.26 Å². The third-order valence-electron chi connectivity index (χ3n) is 6.87. The molecule has 0 unspecified atom stereocenters. The number of hydrogen-bond acceptors (Lipinski definition) is 13. The number of nitrogens with one attached hydrogen (secondary N) is 1. The molecule has 0 radical (unpaired) electrons. The van der Waals surface area contributed by atoms with Crippen molar-refractivity contribution in [1.82, 2.24) is 0 Å². The summed E-state index contributed by atoms with van der Waals surface area (Å²) in [6, 6.07) is 30.2. The van der Waals surface area contributed by atoms with Gasteiger partial charge in [-0.15, -0.1) is 14.6 Å². The minimum absolute atomic E-state index is 0.0933. The number of fused-ring (bicyclic) bond motifs is 2. The van der Waals surface area contributed by atoms with Gasteiger partial charge in [0.25, 0.3) is 10.1 Å². The Morgan fingerprint density at radius 3 is 1.68 bits per heavy atom. The number of rotatable bonds is 10. The average molecular weight is 670 g/mol. The summed E-state index contributed by atoms with van der Waals surface area (Å²) in [6.07, 6.45) is 0. The van der Waals surface area contributed by atoms with E-state index in [1.807, 2.05) is 6.07 Å². The lowest BCUT2D eigenvalue weighted by atomic mass is 10.1. The van der Waals surface area contributed by atoms with Crippen LogP contribution in [-0.4, -0.2) is 28.4 Å². The maximum atomic E-state index is 12.3. The van der Waals surface area contributed by atoms with Crippen molar-refractivity contribution in [2.75, 3.05) is 5.32 Å². The molecule has 47 heavy (non-hydrogen) atoms. The lowest BCUT2D eigenvalue weighted by Gasteiger charge is -2.13. The smallest absolute Gasteiger partial charge is 0.296 e. The van der Waals surface area contributed by atoms with Gasteiger partial charge in [-0.2, -0.15) is 18.6 Å². The highest BCUT2D eigenvalue weighted by Crippen LogP contribution is 2.45. The maximum Gasteiger partial charge on any atom is 0.296 e. The number of hydrogen-bond donors (Lipinski definition) is 5. The summed E-state index contributed by atoms with van der Waals surface area (Å²) in [5, 5.41) is 55.6. The number of phenolic OH excluding ortho intramolecular Hbond substituents is 2. The summed E-state index contributed by atoms with van der Waals surface area (Å²) in [5.41, 5.74) is 1.77. The fourth-order valence-corrected chi connectivity index (χ4v) is 5.89. The van der Waals surface area contributed by atoms with Gasteiger partial charge in [-0.1, -0.05) is 41.4 Å². The zero-order valence-corrected chi connectivity index (χ0v) is 25.6. The van der Waals surface area contributed by atoms with Gasteiger partial charge in [0, 0.05) is 22.1 Å². The first-order valence-corrected chi connectivity index (χ1v) is 15.8. The quantitative estimate of drug-likeness (QED) is 0.0308. The summed E-state index contributed by atoms with van der Waals surface area (Å²) in [7, 11) is -4.80. The molecule has 0 aromatic heterocycles. The van der Waals surface area contributed by atoms with Crippen molar-refractivity contribution in [1.29, 1.82) is 0 Å². The standard InChI is InChI=1S/C32H23N5O8S2/c38-31-25-13-11-23(15-19(25)17-27(46-45-44-40)29(31)36-34-21-7-3-1-4-8-21)33-24-12-14-26-20(16-24)18-28(47(41,42)43)30(32(26)39)37-35-22-9-5-2-6-10-22/h1-18,33,38-40H,(H,41,42,43). The van der Waals surface area contributed by atoms with E-state index in [1.165, 1.54) is 6.07 Å². The Morgan fingerprint density at radius 1 is 0.638 bits per heavy atom. The number of aromatic hydroxyl groups is 2. The summed E-state index contributed by atoms with van der Waals surface area (Å²) >= 11 is 0.616. The first-order valence-electron chi connectivity index (χ1n) is 13.6. The summed E-state index contributed by atoms with van der Waals surface area (Å²) in [5.74, 6) is -0.654. The van der Waals surface area contributed by atoms with Gasteiger partial charge in [0.2, 0.25) is 0 Å². The minimum atomic E-state index is -4.80. The molecule has 5 N–H and O–H groups in total. The molecular formula is C32H23N5O8S2. The van der Waals surface area contributed by atoms with Gasteiger partial charge in [-0.3, -0.25) is 4.55 Å². The molecule has 6 rings (SSSR count). The lowest BCUT2D eigenvalue weighted by molar-refractivity contribution is -0.432. The van der Waals surface area contributed by atoms with E-state index in [9.17, 15) is 23.2 Å².